The summed E-state index contributed by atoms with van der Waals surface area (Å²) in [7, 11) is 3.22. The number of hydrogen-bond donors (Lipinski definition) is 1. The predicted molar refractivity (Wildman–Crippen MR) is 146 cm³/mol. The lowest BCUT2D eigenvalue weighted by atomic mass is 10.1. The van der Waals surface area contributed by atoms with Gasteiger partial charge in [-0.3, -0.25) is 9.59 Å². The van der Waals surface area contributed by atoms with Crippen molar-refractivity contribution in [2.24, 2.45) is 7.05 Å². The van der Waals surface area contributed by atoms with Gasteiger partial charge in [-0.2, -0.15) is 0 Å². The van der Waals surface area contributed by atoms with E-state index in [1.165, 1.54) is 76.7 Å². The van der Waals surface area contributed by atoms with Crippen molar-refractivity contribution in [3.63, 3.8) is 0 Å². The highest BCUT2D eigenvalue weighted by molar-refractivity contribution is 8.00. The lowest BCUT2D eigenvalue weighted by molar-refractivity contribution is -0.142. The number of rotatable bonds is 21. The molecule has 0 saturated carbocycles. The van der Waals surface area contributed by atoms with Crippen LogP contribution in [-0.4, -0.2) is 51.7 Å². The Kier molecular flexibility index (Phi) is 18.2. The van der Waals surface area contributed by atoms with Crippen LogP contribution in [0, 0.1) is 0 Å². The van der Waals surface area contributed by atoms with E-state index in [1.54, 1.807) is 6.92 Å². The Morgan fingerprint density at radius 2 is 1.69 bits per heavy atom. The molecule has 0 radical (unpaired) electrons. The maximum atomic E-state index is 11.8. The number of nitrogens with zero attached hydrogens (tertiary/aromatic N) is 2. The molecule has 0 aliphatic carbocycles. The van der Waals surface area contributed by atoms with E-state index < -0.39 is 6.10 Å². The van der Waals surface area contributed by atoms with E-state index in [4.69, 9.17) is 9.47 Å². The Morgan fingerprint density at radius 1 is 1.06 bits per heavy atom. The van der Waals surface area contributed by atoms with Crippen molar-refractivity contribution >= 4 is 23.7 Å². The summed E-state index contributed by atoms with van der Waals surface area (Å²) < 4.78 is 11.6. The first kappa shape index (κ1) is 32.2. The Hall–Kier alpha value is -1.80. The number of thioether (sulfide) groups is 1. The van der Waals surface area contributed by atoms with Crippen molar-refractivity contribution in [3.8, 4) is 0 Å². The molecule has 1 aromatic rings. The van der Waals surface area contributed by atoms with Gasteiger partial charge >= 0.3 is 11.9 Å². The molecule has 2 unspecified atom stereocenters. The van der Waals surface area contributed by atoms with Crippen LogP contribution in [0.25, 0.3) is 0 Å². The molecule has 2 atom stereocenters. The lowest BCUT2D eigenvalue weighted by Gasteiger charge is -2.19. The normalized spacial score (nSPS) is 13.1. The van der Waals surface area contributed by atoms with Crippen molar-refractivity contribution in [2.45, 2.75) is 120 Å². The van der Waals surface area contributed by atoms with Crippen LogP contribution >= 0.6 is 11.8 Å². The zero-order valence-corrected chi connectivity index (χ0v) is 23.7. The van der Waals surface area contributed by atoms with Gasteiger partial charge in [-0.1, -0.05) is 88.6 Å². The third kappa shape index (κ3) is 14.7. The fraction of sp³-hybridized carbons (Fsp3) is 0.750. The second-order valence-corrected chi connectivity index (χ2v) is 10.4. The number of carbonyl (C=O) groups excluding carboxylic acids is 2. The van der Waals surface area contributed by atoms with Gasteiger partial charge in [0.15, 0.2) is 5.16 Å². The molecule has 0 fully saturated rings. The topological polar surface area (TPSA) is 90.6 Å². The first-order valence-corrected chi connectivity index (χ1v) is 14.5. The first-order chi connectivity index (χ1) is 17.4. The smallest absolute Gasteiger partial charge is 0.311 e. The quantitative estimate of drug-likeness (QED) is 0.0890. The van der Waals surface area contributed by atoms with E-state index in [9.17, 15) is 14.7 Å². The largest absolute Gasteiger partial charge is 0.469 e. The number of aryl methyl sites for hydroxylation is 1. The Balaban J connectivity index is 2.56. The number of aliphatic hydroxyl groups excluding tert-OH is 1. The number of aromatic nitrogens is 2. The minimum atomic E-state index is -0.719. The van der Waals surface area contributed by atoms with Crippen LogP contribution < -0.4 is 0 Å². The van der Waals surface area contributed by atoms with E-state index in [0.717, 1.165) is 12.8 Å². The molecule has 7 nitrogen and oxygen atoms in total. The number of esters is 2. The third-order valence-electron chi connectivity index (χ3n) is 6.06. The number of carbonyl (C=O) groups is 2. The van der Waals surface area contributed by atoms with E-state index in [2.05, 4.69) is 18.0 Å². The van der Waals surface area contributed by atoms with E-state index >= 15 is 0 Å². The van der Waals surface area contributed by atoms with Crippen LogP contribution in [0.4, 0.5) is 0 Å². The van der Waals surface area contributed by atoms with E-state index in [0.29, 0.717) is 23.9 Å². The number of methoxy groups -OCH3 is 1. The van der Waals surface area contributed by atoms with Gasteiger partial charge in [-0.25, -0.2) is 4.98 Å². The van der Waals surface area contributed by atoms with Crippen LogP contribution in [0.1, 0.15) is 103 Å². The summed E-state index contributed by atoms with van der Waals surface area (Å²) in [6.45, 7) is 4.37. The van der Waals surface area contributed by atoms with Crippen LogP contribution in [-0.2, 0) is 32.5 Å². The Labute approximate surface area is 222 Å². The van der Waals surface area contributed by atoms with Gasteiger partial charge in [0.2, 0.25) is 0 Å². The number of aliphatic hydroxyl groups is 1. The van der Waals surface area contributed by atoms with Gasteiger partial charge in [0, 0.05) is 19.7 Å². The van der Waals surface area contributed by atoms with E-state index in [-0.39, 0.29) is 30.0 Å². The summed E-state index contributed by atoms with van der Waals surface area (Å²) >= 11 is 1.44. The van der Waals surface area contributed by atoms with Gasteiger partial charge in [0.1, 0.15) is 0 Å². The third-order valence-corrected chi connectivity index (χ3v) is 7.39. The number of hydrogen-bond acceptors (Lipinski definition) is 7. The van der Waals surface area contributed by atoms with Crippen molar-refractivity contribution in [1.29, 1.82) is 0 Å². The second-order valence-electron chi connectivity index (χ2n) is 9.27. The maximum absolute atomic E-state index is 11.8. The highest BCUT2D eigenvalue weighted by Gasteiger charge is 2.22. The molecule has 1 rings (SSSR count). The molecular formula is C28H48N2O5S. The van der Waals surface area contributed by atoms with Gasteiger partial charge in [0.25, 0.3) is 0 Å². The van der Waals surface area contributed by atoms with Crippen LogP contribution in [0.2, 0.25) is 0 Å². The molecule has 0 aromatic carbocycles. The molecule has 1 aromatic heterocycles. The predicted octanol–water partition coefficient (Wildman–Crippen LogP) is 6.17. The zero-order chi connectivity index (χ0) is 26.6. The molecular weight excluding hydrogens is 476 g/mol. The first-order valence-electron chi connectivity index (χ1n) is 13.7. The zero-order valence-electron chi connectivity index (χ0n) is 22.9. The van der Waals surface area contributed by atoms with Crippen molar-refractivity contribution < 1.29 is 24.2 Å². The molecule has 8 heteroatoms. The van der Waals surface area contributed by atoms with Crippen LogP contribution in [0.5, 0.6) is 0 Å². The molecule has 1 heterocycles. The van der Waals surface area contributed by atoms with Gasteiger partial charge in [-0.15, -0.1) is 0 Å². The molecule has 0 saturated heterocycles. The molecule has 36 heavy (non-hydrogen) atoms. The summed E-state index contributed by atoms with van der Waals surface area (Å²) in [5, 5.41) is 11.3. The highest BCUT2D eigenvalue weighted by atomic mass is 32.2. The molecule has 0 bridgehead atoms. The number of unbranched alkanes of at least 4 members (excludes halogenated alkanes) is 10. The highest BCUT2D eigenvalue weighted by Crippen LogP contribution is 2.28. The van der Waals surface area contributed by atoms with Crippen molar-refractivity contribution in [2.75, 3.05) is 13.7 Å². The summed E-state index contributed by atoms with van der Waals surface area (Å²) in [5.74, 6) is -0.640. The van der Waals surface area contributed by atoms with Crippen LogP contribution in [0.3, 0.4) is 0 Å². The van der Waals surface area contributed by atoms with Crippen molar-refractivity contribution in [3.05, 3.63) is 24.0 Å². The molecule has 0 spiro atoms. The van der Waals surface area contributed by atoms with Gasteiger partial charge in [0.05, 0.1) is 37.2 Å². The lowest BCUT2D eigenvalue weighted by Crippen LogP contribution is -2.23. The van der Waals surface area contributed by atoms with Crippen LogP contribution in [0.15, 0.2) is 23.5 Å². The minimum Gasteiger partial charge on any atom is -0.469 e. The number of imidazole rings is 1. The Morgan fingerprint density at radius 3 is 2.31 bits per heavy atom. The summed E-state index contributed by atoms with van der Waals surface area (Å²) in [6, 6.07) is 0. The average molecular weight is 525 g/mol. The fourth-order valence-electron chi connectivity index (χ4n) is 3.94. The summed E-state index contributed by atoms with van der Waals surface area (Å²) in [4.78, 5) is 27.9. The van der Waals surface area contributed by atoms with Gasteiger partial charge in [-0.05, 0) is 26.2 Å². The fourth-order valence-corrected chi connectivity index (χ4v) is 5.06. The number of ether oxygens (including phenoxy) is 2. The molecule has 206 valence electrons. The summed E-state index contributed by atoms with van der Waals surface area (Å²) in [5.41, 5.74) is 0.635. The van der Waals surface area contributed by atoms with E-state index in [1.807, 2.05) is 23.9 Å². The van der Waals surface area contributed by atoms with Gasteiger partial charge < -0.3 is 19.1 Å². The number of allylic oxidation sites excluding steroid dienone is 1. The maximum Gasteiger partial charge on any atom is 0.311 e. The average Bonchev–Trinajstić information content (AvgIpc) is 3.20. The minimum absolute atomic E-state index is 0.117. The SMILES string of the molecule is CCCCCCCCCCCC/C=C\C(Sc1nc(CC(=O)OCC)cn1C)C(O)CCC(=O)OC. The Bertz CT molecular complexity index is 765. The summed E-state index contributed by atoms with van der Waals surface area (Å²) in [6.07, 6.45) is 19.8. The molecule has 0 amide bonds. The molecule has 1 N–H and O–H groups in total. The molecule has 0 aliphatic heterocycles. The second kappa shape index (κ2) is 20.3. The monoisotopic (exact) mass is 524 g/mol. The molecule has 0 aliphatic rings. The standard InChI is InChI=1S/C28H48N2O5S/c1-5-7-8-9-10-11-12-13-14-15-16-17-18-25(24(31)19-20-26(32)34-4)36-28-29-23(22-30(28)3)21-27(33)35-6-2/h17-18,22,24-25,31H,5-16,19-21H2,1-4H3/b18-17-. The van der Waals surface area contributed by atoms with Crippen molar-refractivity contribution in [1.82, 2.24) is 9.55 Å².